The van der Waals surface area contributed by atoms with E-state index in [1.807, 2.05) is 6.07 Å². The maximum Gasteiger partial charge on any atom is 0.122 e. The molecule has 1 spiro atoms. The van der Waals surface area contributed by atoms with Gasteiger partial charge < -0.3 is 14.8 Å². The summed E-state index contributed by atoms with van der Waals surface area (Å²) in [5.74, 6) is 2.39. The Labute approximate surface area is 115 Å². The summed E-state index contributed by atoms with van der Waals surface area (Å²) in [5.41, 5.74) is 1.83. The number of rotatable bonds is 3. The van der Waals surface area contributed by atoms with Crippen molar-refractivity contribution in [2.45, 2.75) is 31.6 Å². The van der Waals surface area contributed by atoms with E-state index in [2.05, 4.69) is 17.4 Å². The van der Waals surface area contributed by atoms with Crippen molar-refractivity contribution < 1.29 is 9.47 Å². The molecule has 104 valence electrons. The zero-order chi connectivity index (χ0) is 13.3. The van der Waals surface area contributed by atoms with Gasteiger partial charge in [0, 0.05) is 25.1 Å². The molecule has 0 radical (unpaired) electrons. The molecule has 3 heteroatoms. The molecule has 1 aromatic carbocycles. The molecule has 3 rings (SSSR count). The minimum atomic E-state index is 0.470. The highest BCUT2D eigenvalue weighted by atomic mass is 16.5. The molecule has 1 unspecified atom stereocenters. The van der Waals surface area contributed by atoms with E-state index in [1.165, 1.54) is 31.2 Å². The molecule has 1 N–H and O–H groups in total. The van der Waals surface area contributed by atoms with E-state index in [4.69, 9.17) is 9.47 Å². The first-order chi connectivity index (χ1) is 9.27. The van der Waals surface area contributed by atoms with Crippen molar-refractivity contribution in [3.05, 3.63) is 23.8 Å². The van der Waals surface area contributed by atoms with Gasteiger partial charge in [0.05, 0.1) is 14.2 Å². The van der Waals surface area contributed by atoms with Crippen LogP contribution in [-0.2, 0) is 0 Å². The Kier molecular flexibility index (Phi) is 3.40. The lowest BCUT2D eigenvalue weighted by Gasteiger charge is -2.30. The largest absolute Gasteiger partial charge is 0.497 e. The number of methoxy groups -OCH3 is 2. The summed E-state index contributed by atoms with van der Waals surface area (Å²) >= 11 is 0. The van der Waals surface area contributed by atoms with Gasteiger partial charge in [0.15, 0.2) is 0 Å². The molecular formula is C16H23NO2. The van der Waals surface area contributed by atoms with E-state index in [-0.39, 0.29) is 0 Å². The van der Waals surface area contributed by atoms with E-state index >= 15 is 0 Å². The van der Waals surface area contributed by atoms with Gasteiger partial charge in [-0.25, -0.2) is 0 Å². The van der Waals surface area contributed by atoms with Gasteiger partial charge in [0.1, 0.15) is 11.5 Å². The molecule has 1 aromatic rings. The van der Waals surface area contributed by atoms with Crippen LogP contribution in [0.15, 0.2) is 18.2 Å². The lowest BCUT2D eigenvalue weighted by Crippen LogP contribution is -2.25. The van der Waals surface area contributed by atoms with Crippen molar-refractivity contribution in [1.29, 1.82) is 0 Å². The first kappa shape index (κ1) is 12.8. The van der Waals surface area contributed by atoms with Crippen LogP contribution in [0.4, 0.5) is 0 Å². The SMILES string of the molecule is COc1cc(OC)cc(C2CNCC23CCCC3)c1. The lowest BCUT2D eigenvalue weighted by molar-refractivity contribution is 0.293. The molecule has 2 fully saturated rings. The molecule has 3 nitrogen and oxygen atoms in total. The van der Waals surface area contributed by atoms with Crippen LogP contribution in [0, 0.1) is 5.41 Å². The second-order valence-electron chi connectivity index (χ2n) is 5.90. The Morgan fingerprint density at radius 2 is 1.68 bits per heavy atom. The van der Waals surface area contributed by atoms with Crippen LogP contribution in [0.2, 0.25) is 0 Å². The third-order valence-electron chi connectivity index (χ3n) is 4.94. The van der Waals surface area contributed by atoms with E-state index in [9.17, 15) is 0 Å². The zero-order valence-corrected chi connectivity index (χ0v) is 11.9. The third kappa shape index (κ3) is 2.20. The third-order valence-corrected chi connectivity index (χ3v) is 4.94. The second kappa shape index (κ2) is 5.04. The van der Waals surface area contributed by atoms with Gasteiger partial charge in [-0.1, -0.05) is 12.8 Å². The summed E-state index contributed by atoms with van der Waals surface area (Å²) < 4.78 is 10.8. The number of hydrogen-bond donors (Lipinski definition) is 1. The number of nitrogens with one attached hydrogen (secondary N) is 1. The smallest absolute Gasteiger partial charge is 0.122 e. The first-order valence-corrected chi connectivity index (χ1v) is 7.21. The van der Waals surface area contributed by atoms with Crippen LogP contribution in [-0.4, -0.2) is 27.3 Å². The fourth-order valence-electron chi connectivity index (χ4n) is 3.91. The van der Waals surface area contributed by atoms with Crippen molar-refractivity contribution in [2.24, 2.45) is 5.41 Å². The van der Waals surface area contributed by atoms with Crippen molar-refractivity contribution in [3.8, 4) is 11.5 Å². The predicted molar refractivity (Wildman–Crippen MR) is 76.1 cm³/mol. The van der Waals surface area contributed by atoms with E-state index < -0.39 is 0 Å². The average Bonchev–Trinajstić information content (AvgIpc) is 3.09. The van der Waals surface area contributed by atoms with Gasteiger partial charge in [-0.2, -0.15) is 0 Å². The Bertz CT molecular complexity index is 424. The Morgan fingerprint density at radius 3 is 2.26 bits per heavy atom. The molecule has 1 atom stereocenters. The quantitative estimate of drug-likeness (QED) is 0.907. The van der Waals surface area contributed by atoms with Gasteiger partial charge in [0.2, 0.25) is 0 Å². The highest BCUT2D eigenvalue weighted by Crippen LogP contribution is 2.51. The minimum absolute atomic E-state index is 0.470. The monoisotopic (exact) mass is 261 g/mol. The van der Waals surface area contributed by atoms with Gasteiger partial charge in [-0.3, -0.25) is 0 Å². The molecule has 1 heterocycles. The molecule has 0 amide bonds. The summed E-state index contributed by atoms with van der Waals surface area (Å²) in [4.78, 5) is 0. The Balaban J connectivity index is 1.96. The maximum atomic E-state index is 5.41. The van der Waals surface area contributed by atoms with Crippen molar-refractivity contribution in [2.75, 3.05) is 27.3 Å². The molecule has 0 bridgehead atoms. The molecule has 1 saturated carbocycles. The van der Waals surface area contributed by atoms with Gasteiger partial charge in [-0.05, 0) is 36.0 Å². The summed E-state index contributed by atoms with van der Waals surface area (Å²) in [6.45, 7) is 2.24. The maximum absolute atomic E-state index is 5.41. The number of hydrogen-bond acceptors (Lipinski definition) is 3. The highest BCUT2D eigenvalue weighted by Gasteiger charge is 2.45. The second-order valence-corrected chi connectivity index (χ2v) is 5.90. The lowest BCUT2D eigenvalue weighted by atomic mass is 9.73. The van der Waals surface area contributed by atoms with Crippen molar-refractivity contribution >= 4 is 0 Å². The molecule has 1 aliphatic carbocycles. The molecule has 2 aliphatic rings. The van der Waals surface area contributed by atoms with E-state index in [0.717, 1.165) is 24.6 Å². The van der Waals surface area contributed by atoms with Gasteiger partial charge >= 0.3 is 0 Å². The molecule has 1 aliphatic heterocycles. The summed E-state index contributed by atoms with van der Waals surface area (Å²) in [5, 5.41) is 3.60. The molecule has 19 heavy (non-hydrogen) atoms. The van der Waals surface area contributed by atoms with E-state index in [1.54, 1.807) is 14.2 Å². The number of ether oxygens (including phenoxy) is 2. The fourth-order valence-corrected chi connectivity index (χ4v) is 3.91. The molecular weight excluding hydrogens is 238 g/mol. The van der Waals surface area contributed by atoms with Crippen LogP contribution in [0.25, 0.3) is 0 Å². The standard InChI is InChI=1S/C16H23NO2/c1-18-13-7-12(8-14(9-13)19-2)15-10-17-11-16(15)5-3-4-6-16/h7-9,15,17H,3-6,10-11H2,1-2H3. The summed E-state index contributed by atoms with van der Waals surface area (Å²) in [7, 11) is 3.44. The first-order valence-electron chi connectivity index (χ1n) is 7.21. The van der Waals surface area contributed by atoms with Crippen LogP contribution in [0.5, 0.6) is 11.5 Å². The highest BCUT2D eigenvalue weighted by molar-refractivity contribution is 5.41. The van der Waals surface area contributed by atoms with Crippen molar-refractivity contribution in [3.63, 3.8) is 0 Å². The van der Waals surface area contributed by atoms with Crippen LogP contribution in [0.3, 0.4) is 0 Å². The summed E-state index contributed by atoms with van der Waals surface area (Å²) in [6.07, 6.45) is 5.45. The van der Waals surface area contributed by atoms with E-state index in [0.29, 0.717) is 11.3 Å². The van der Waals surface area contributed by atoms with Crippen molar-refractivity contribution in [1.82, 2.24) is 5.32 Å². The molecule has 1 saturated heterocycles. The topological polar surface area (TPSA) is 30.5 Å². The zero-order valence-electron chi connectivity index (χ0n) is 11.9. The fraction of sp³-hybridized carbons (Fsp3) is 0.625. The molecule has 0 aromatic heterocycles. The average molecular weight is 261 g/mol. The Hall–Kier alpha value is -1.22. The van der Waals surface area contributed by atoms with Crippen LogP contribution < -0.4 is 14.8 Å². The number of benzene rings is 1. The Morgan fingerprint density at radius 1 is 1.05 bits per heavy atom. The normalized spacial score (nSPS) is 24.8. The van der Waals surface area contributed by atoms with Gasteiger partial charge in [0.25, 0.3) is 0 Å². The van der Waals surface area contributed by atoms with Crippen LogP contribution in [0.1, 0.15) is 37.2 Å². The minimum Gasteiger partial charge on any atom is -0.497 e. The predicted octanol–water partition coefficient (Wildman–Crippen LogP) is 2.95. The van der Waals surface area contributed by atoms with Gasteiger partial charge in [-0.15, -0.1) is 0 Å². The summed E-state index contributed by atoms with van der Waals surface area (Å²) in [6, 6.07) is 6.31. The van der Waals surface area contributed by atoms with Crippen LogP contribution >= 0.6 is 0 Å².